The van der Waals surface area contributed by atoms with Crippen LogP contribution in [0.5, 0.6) is 0 Å². The van der Waals surface area contributed by atoms with Crippen molar-refractivity contribution in [3.63, 3.8) is 0 Å². The van der Waals surface area contributed by atoms with Crippen LogP contribution in [-0.2, 0) is 0 Å². The van der Waals surface area contributed by atoms with Crippen LogP contribution >= 0.6 is 0 Å². The third-order valence-electron chi connectivity index (χ3n) is 2.65. The third kappa shape index (κ3) is 3.33. The Balaban J connectivity index is 2.31. The number of halogens is 3. The summed E-state index contributed by atoms with van der Waals surface area (Å²) in [4.78, 5) is 2.06. The number of alkyl halides is 3. The molecule has 14 heavy (non-hydrogen) atoms. The van der Waals surface area contributed by atoms with Crippen molar-refractivity contribution in [2.45, 2.75) is 25.9 Å². The van der Waals surface area contributed by atoms with Gasteiger partial charge in [-0.25, -0.2) is 0 Å². The monoisotopic (exact) mass is 207 g/mol. The third-order valence-corrected chi connectivity index (χ3v) is 2.65. The average Bonchev–Trinajstić information content (AvgIpc) is 2.14. The summed E-state index contributed by atoms with van der Waals surface area (Å²) in [6, 6.07) is 0. The largest absolute Gasteiger partial charge is 0.391 e. The summed E-state index contributed by atoms with van der Waals surface area (Å²) in [7, 11) is 0. The van der Waals surface area contributed by atoms with Gasteiger partial charge in [0, 0.05) is 6.54 Å². The highest BCUT2D eigenvalue weighted by atomic mass is 19.4. The van der Waals surface area contributed by atoms with Crippen LogP contribution in [-0.4, -0.2) is 30.7 Å². The molecule has 0 unspecified atom stereocenters. The van der Waals surface area contributed by atoms with E-state index in [1.165, 1.54) is 0 Å². The maximum atomic E-state index is 12.3. The number of likely N-dealkylation sites (tertiary alicyclic amines) is 1. The van der Waals surface area contributed by atoms with Gasteiger partial charge in [0.15, 0.2) is 0 Å². The summed E-state index contributed by atoms with van der Waals surface area (Å²) < 4.78 is 36.9. The van der Waals surface area contributed by atoms with Crippen LogP contribution in [0.15, 0.2) is 12.2 Å². The van der Waals surface area contributed by atoms with E-state index in [4.69, 9.17) is 0 Å². The predicted octanol–water partition coefficient (Wildman–Crippen LogP) is 2.84. The molecule has 1 aliphatic heterocycles. The fourth-order valence-corrected chi connectivity index (χ4v) is 1.70. The van der Waals surface area contributed by atoms with E-state index < -0.39 is 12.1 Å². The lowest BCUT2D eigenvalue weighted by atomic mass is 9.96. The second kappa shape index (κ2) is 4.82. The Morgan fingerprint density at radius 1 is 1.29 bits per heavy atom. The molecule has 0 atom stereocenters. The van der Waals surface area contributed by atoms with Crippen LogP contribution in [0, 0.1) is 5.92 Å². The van der Waals surface area contributed by atoms with Gasteiger partial charge in [-0.05, 0) is 32.9 Å². The van der Waals surface area contributed by atoms with Crippen LogP contribution < -0.4 is 0 Å². The highest BCUT2D eigenvalue weighted by Gasteiger charge is 2.40. The molecule has 1 rings (SSSR count). The minimum atomic E-state index is -3.99. The maximum absolute atomic E-state index is 12.3. The molecule has 0 bridgehead atoms. The van der Waals surface area contributed by atoms with Gasteiger partial charge in [-0.15, -0.1) is 0 Å². The Morgan fingerprint density at radius 3 is 2.29 bits per heavy atom. The second-order valence-corrected chi connectivity index (χ2v) is 3.69. The Labute approximate surface area is 82.6 Å². The molecule has 0 radical (unpaired) electrons. The molecule has 0 aliphatic carbocycles. The molecular formula is C10H16F3N. The molecular weight excluding hydrogens is 191 g/mol. The number of hydrogen-bond acceptors (Lipinski definition) is 1. The van der Waals surface area contributed by atoms with Crippen LogP contribution in [0.4, 0.5) is 13.2 Å². The van der Waals surface area contributed by atoms with Crippen molar-refractivity contribution in [3.8, 4) is 0 Å². The first-order chi connectivity index (χ1) is 6.54. The van der Waals surface area contributed by atoms with Crippen LogP contribution in [0.3, 0.4) is 0 Å². The number of rotatable bonds is 2. The summed E-state index contributed by atoms with van der Waals surface area (Å²) in [6.45, 7) is 3.83. The molecule has 0 N–H and O–H groups in total. The summed E-state index contributed by atoms with van der Waals surface area (Å²) in [5.74, 6) is -1.08. The number of hydrogen-bond donors (Lipinski definition) is 0. The topological polar surface area (TPSA) is 3.24 Å². The van der Waals surface area contributed by atoms with Crippen molar-refractivity contribution in [2.75, 3.05) is 19.6 Å². The minimum Gasteiger partial charge on any atom is -0.300 e. The first-order valence-corrected chi connectivity index (χ1v) is 4.94. The molecule has 0 amide bonds. The van der Waals surface area contributed by atoms with E-state index in [2.05, 4.69) is 4.90 Å². The number of piperidine rings is 1. The molecule has 0 saturated carbocycles. The van der Waals surface area contributed by atoms with Crippen molar-refractivity contribution < 1.29 is 13.2 Å². The van der Waals surface area contributed by atoms with Gasteiger partial charge >= 0.3 is 6.18 Å². The van der Waals surface area contributed by atoms with Gasteiger partial charge in [-0.3, -0.25) is 4.90 Å². The summed E-state index contributed by atoms with van der Waals surface area (Å²) in [5, 5.41) is 0. The standard InChI is InChI=1S/C10H16F3N/c1-2-3-6-14-7-4-9(5-8-14)10(11,12)13/h2-3,9H,4-8H2,1H3. The average molecular weight is 207 g/mol. The molecule has 82 valence electrons. The fourth-order valence-electron chi connectivity index (χ4n) is 1.70. The molecule has 0 aromatic carbocycles. The van der Waals surface area contributed by atoms with Gasteiger partial charge in [0.25, 0.3) is 0 Å². The van der Waals surface area contributed by atoms with E-state index in [1.807, 2.05) is 19.1 Å². The van der Waals surface area contributed by atoms with Gasteiger partial charge in [0.2, 0.25) is 0 Å². The Morgan fingerprint density at radius 2 is 1.86 bits per heavy atom. The van der Waals surface area contributed by atoms with Crippen LogP contribution in [0.25, 0.3) is 0 Å². The first-order valence-electron chi connectivity index (χ1n) is 4.94. The molecule has 1 saturated heterocycles. The maximum Gasteiger partial charge on any atom is 0.391 e. The lowest BCUT2D eigenvalue weighted by Gasteiger charge is -2.32. The van der Waals surface area contributed by atoms with Crippen molar-refractivity contribution in [1.29, 1.82) is 0 Å². The van der Waals surface area contributed by atoms with Gasteiger partial charge in [0.1, 0.15) is 0 Å². The first kappa shape index (κ1) is 11.6. The highest BCUT2D eigenvalue weighted by Crippen LogP contribution is 2.33. The molecule has 1 aliphatic rings. The van der Waals surface area contributed by atoms with E-state index in [1.54, 1.807) is 0 Å². The molecule has 0 spiro atoms. The van der Waals surface area contributed by atoms with Gasteiger partial charge in [0.05, 0.1) is 5.92 Å². The highest BCUT2D eigenvalue weighted by molar-refractivity contribution is 4.84. The Hall–Kier alpha value is -0.510. The lowest BCUT2D eigenvalue weighted by molar-refractivity contribution is -0.184. The van der Waals surface area contributed by atoms with E-state index in [0.717, 1.165) is 6.54 Å². The van der Waals surface area contributed by atoms with Crippen molar-refractivity contribution in [3.05, 3.63) is 12.2 Å². The van der Waals surface area contributed by atoms with E-state index >= 15 is 0 Å². The minimum absolute atomic E-state index is 0.251. The van der Waals surface area contributed by atoms with E-state index in [9.17, 15) is 13.2 Å². The fraction of sp³-hybridized carbons (Fsp3) is 0.800. The molecule has 1 fully saturated rings. The smallest absolute Gasteiger partial charge is 0.300 e. The van der Waals surface area contributed by atoms with E-state index in [-0.39, 0.29) is 12.8 Å². The number of allylic oxidation sites excluding steroid dienone is 1. The van der Waals surface area contributed by atoms with Gasteiger partial charge in [-0.2, -0.15) is 13.2 Å². The van der Waals surface area contributed by atoms with Gasteiger partial charge < -0.3 is 0 Å². The zero-order valence-corrected chi connectivity index (χ0v) is 8.35. The molecule has 0 aromatic heterocycles. The summed E-state index contributed by atoms with van der Waals surface area (Å²) >= 11 is 0. The molecule has 4 heteroatoms. The Kier molecular flexibility index (Phi) is 3.98. The van der Waals surface area contributed by atoms with Crippen molar-refractivity contribution in [2.24, 2.45) is 5.92 Å². The van der Waals surface area contributed by atoms with Crippen molar-refractivity contribution >= 4 is 0 Å². The molecule has 0 aromatic rings. The zero-order valence-electron chi connectivity index (χ0n) is 8.35. The quantitative estimate of drug-likeness (QED) is 0.629. The molecule has 1 heterocycles. The van der Waals surface area contributed by atoms with Crippen molar-refractivity contribution in [1.82, 2.24) is 4.90 Å². The lowest BCUT2D eigenvalue weighted by Crippen LogP contribution is -2.38. The summed E-state index contributed by atoms with van der Waals surface area (Å²) in [6.07, 6.45) is 0.415. The second-order valence-electron chi connectivity index (χ2n) is 3.69. The number of nitrogens with zero attached hydrogens (tertiary/aromatic N) is 1. The predicted molar refractivity (Wildman–Crippen MR) is 50.0 cm³/mol. The van der Waals surface area contributed by atoms with Crippen LogP contribution in [0.2, 0.25) is 0 Å². The molecule has 1 nitrogen and oxygen atoms in total. The SMILES string of the molecule is CC=CCN1CCC(C(F)(F)F)CC1. The summed E-state index contributed by atoms with van der Waals surface area (Å²) in [5.41, 5.74) is 0. The zero-order chi connectivity index (χ0) is 10.6. The van der Waals surface area contributed by atoms with Crippen LogP contribution in [0.1, 0.15) is 19.8 Å². The van der Waals surface area contributed by atoms with Gasteiger partial charge in [-0.1, -0.05) is 12.2 Å². The Bertz CT molecular complexity index is 190. The normalized spacial score (nSPS) is 22.0. The van der Waals surface area contributed by atoms with E-state index in [0.29, 0.717) is 13.1 Å².